The normalized spacial score (nSPS) is 15.1. The number of aromatic nitrogens is 4. The van der Waals surface area contributed by atoms with Gasteiger partial charge in [-0.2, -0.15) is 4.98 Å². The van der Waals surface area contributed by atoms with Crippen molar-refractivity contribution in [2.45, 2.75) is 38.2 Å². The van der Waals surface area contributed by atoms with Crippen LogP contribution in [0.15, 0.2) is 39.3 Å². The third-order valence-corrected chi connectivity index (χ3v) is 3.95. The van der Waals surface area contributed by atoms with E-state index in [1.165, 1.54) is 12.8 Å². The summed E-state index contributed by atoms with van der Waals surface area (Å²) in [6.07, 6.45) is 4.81. The fourth-order valence-electron chi connectivity index (χ4n) is 2.77. The van der Waals surface area contributed by atoms with E-state index in [9.17, 15) is 0 Å². The zero-order valence-corrected chi connectivity index (χ0v) is 12.5. The van der Waals surface area contributed by atoms with Gasteiger partial charge in [-0.05, 0) is 25.0 Å². The standard InChI is InChI=1S/C16H16N4O3/c1-2-8-12(9-3-1)15-18-19-16(22-15)21-10-13-17-14(20-23-13)11-6-4-5-7-11/h1-3,8-9,11H,4-7,10H2. The lowest BCUT2D eigenvalue weighted by Gasteiger charge is -1.99. The average molecular weight is 312 g/mol. The highest BCUT2D eigenvalue weighted by Gasteiger charge is 2.22. The molecule has 0 spiro atoms. The van der Waals surface area contributed by atoms with Crippen LogP contribution in [0.1, 0.15) is 43.3 Å². The second kappa shape index (κ2) is 6.20. The Morgan fingerprint density at radius 1 is 1.09 bits per heavy atom. The van der Waals surface area contributed by atoms with E-state index in [1.54, 1.807) is 0 Å². The minimum Gasteiger partial charge on any atom is -0.439 e. The second-order valence-electron chi connectivity index (χ2n) is 5.56. The third kappa shape index (κ3) is 3.08. The van der Waals surface area contributed by atoms with Crippen molar-refractivity contribution in [2.24, 2.45) is 0 Å². The van der Waals surface area contributed by atoms with Crippen molar-refractivity contribution in [2.75, 3.05) is 0 Å². The minimum atomic E-state index is 0.0875. The largest absolute Gasteiger partial charge is 0.439 e. The summed E-state index contributed by atoms with van der Waals surface area (Å²) in [6, 6.07) is 9.52. The molecule has 3 aromatic rings. The molecule has 1 aromatic carbocycles. The molecule has 1 aliphatic carbocycles. The van der Waals surface area contributed by atoms with Gasteiger partial charge in [-0.3, -0.25) is 0 Å². The Balaban J connectivity index is 1.39. The molecule has 7 heteroatoms. The quantitative estimate of drug-likeness (QED) is 0.713. The van der Waals surface area contributed by atoms with Gasteiger partial charge < -0.3 is 13.7 Å². The van der Waals surface area contributed by atoms with Gasteiger partial charge in [0, 0.05) is 11.5 Å². The SMILES string of the molecule is c1ccc(-c2nnc(OCc3nc(C4CCCC4)no3)o2)cc1. The van der Waals surface area contributed by atoms with Gasteiger partial charge in [0.05, 0.1) is 0 Å². The zero-order chi connectivity index (χ0) is 15.5. The number of nitrogens with zero attached hydrogens (tertiary/aromatic N) is 4. The van der Waals surface area contributed by atoms with Crippen LogP contribution in [-0.2, 0) is 6.61 Å². The molecule has 0 bridgehead atoms. The first-order valence-electron chi connectivity index (χ1n) is 7.73. The lowest BCUT2D eigenvalue weighted by atomic mass is 10.1. The monoisotopic (exact) mass is 312 g/mol. The molecule has 7 nitrogen and oxygen atoms in total. The van der Waals surface area contributed by atoms with Crippen molar-refractivity contribution < 1.29 is 13.7 Å². The molecule has 118 valence electrons. The lowest BCUT2D eigenvalue weighted by molar-refractivity contribution is 0.188. The zero-order valence-electron chi connectivity index (χ0n) is 12.5. The van der Waals surface area contributed by atoms with E-state index in [0.29, 0.717) is 17.7 Å². The Kier molecular flexibility index (Phi) is 3.75. The molecule has 1 aliphatic rings. The molecule has 0 aliphatic heterocycles. The molecular weight excluding hydrogens is 296 g/mol. The fraction of sp³-hybridized carbons (Fsp3) is 0.375. The highest BCUT2D eigenvalue weighted by atomic mass is 16.6. The van der Waals surface area contributed by atoms with Crippen LogP contribution in [0.5, 0.6) is 6.08 Å². The van der Waals surface area contributed by atoms with Crippen molar-refractivity contribution in [1.82, 2.24) is 20.3 Å². The molecule has 2 aromatic heterocycles. The van der Waals surface area contributed by atoms with Crippen LogP contribution >= 0.6 is 0 Å². The van der Waals surface area contributed by atoms with Crippen molar-refractivity contribution in [3.8, 4) is 17.5 Å². The molecule has 1 saturated carbocycles. The lowest BCUT2D eigenvalue weighted by Crippen LogP contribution is -1.98. The van der Waals surface area contributed by atoms with E-state index in [1.807, 2.05) is 30.3 Å². The summed E-state index contributed by atoms with van der Waals surface area (Å²) in [6.45, 7) is 0.121. The van der Waals surface area contributed by atoms with Gasteiger partial charge in [-0.15, -0.1) is 5.10 Å². The average Bonchev–Trinajstić information content (AvgIpc) is 3.33. The molecule has 0 unspecified atom stereocenters. The molecule has 1 fully saturated rings. The summed E-state index contributed by atoms with van der Waals surface area (Å²) in [5.74, 6) is 2.03. The maximum atomic E-state index is 5.46. The Bertz CT molecular complexity index is 762. The number of hydrogen-bond donors (Lipinski definition) is 0. The van der Waals surface area contributed by atoms with E-state index in [2.05, 4.69) is 20.3 Å². The predicted octanol–water partition coefficient (Wildman–Crippen LogP) is 3.36. The maximum Gasteiger partial charge on any atom is 0.415 e. The van der Waals surface area contributed by atoms with Crippen LogP contribution in [0.2, 0.25) is 0 Å². The first-order chi connectivity index (χ1) is 11.4. The Morgan fingerprint density at radius 3 is 2.74 bits per heavy atom. The first kappa shape index (κ1) is 13.9. The fourth-order valence-corrected chi connectivity index (χ4v) is 2.77. The first-order valence-corrected chi connectivity index (χ1v) is 7.73. The predicted molar refractivity (Wildman–Crippen MR) is 79.6 cm³/mol. The number of hydrogen-bond acceptors (Lipinski definition) is 7. The molecule has 0 amide bonds. The molecule has 23 heavy (non-hydrogen) atoms. The highest BCUT2D eigenvalue weighted by molar-refractivity contribution is 5.51. The van der Waals surface area contributed by atoms with Gasteiger partial charge in [0.2, 0.25) is 0 Å². The Hall–Kier alpha value is -2.70. The summed E-state index contributed by atoms with van der Waals surface area (Å²) in [5, 5.41) is 11.9. The van der Waals surface area contributed by atoms with Gasteiger partial charge in [0.15, 0.2) is 12.4 Å². The smallest absolute Gasteiger partial charge is 0.415 e. The Labute approximate surface area is 132 Å². The number of rotatable bonds is 5. The summed E-state index contributed by atoms with van der Waals surface area (Å²) in [4.78, 5) is 4.38. The molecule has 0 atom stereocenters. The van der Waals surface area contributed by atoms with Crippen molar-refractivity contribution >= 4 is 0 Å². The van der Waals surface area contributed by atoms with Gasteiger partial charge in [-0.1, -0.05) is 41.3 Å². The van der Waals surface area contributed by atoms with Gasteiger partial charge >= 0.3 is 6.08 Å². The van der Waals surface area contributed by atoms with E-state index < -0.39 is 0 Å². The van der Waals surface area contributed by atoms with E-state index in [0.717, 1.165) is 24.2 Å². The van der Waals surface area contributed by atoms with E-state index in [4.69, 9.17) is 13.7 Å². The van der Waals surface area contributed by atoms with Crippen LogP contribution in [0.3, 0.4) is 0 Å². The number of benzene rings is 1. The van der Waals surface area contributed by atoms with Crippen molar-refractivity contribution in [3.63, 3.8) is 0 Å². The number of ether oxygens (including phenoxy) is 1. The van der Waals surface area contributed by atoms with Crippen LogP contribution in [0.25, 0.3) is 11.5 Å². The summed E-state index contributed by atoms with van der Waals surface area (Å²) in [7, 11) is 0. The summed E-state index contributed by atoms with van der Waals surface area (Å²) < 4.78 is 16.1. The highest BCUT2D eigenvalue weighted by Crippen LogP contribution is 2.32. The second-order valence-corrected chi connectivity index (χ2v) is 5.56. The van der Waals surface area contributed by atoms with E-state index >= 15 is 0 Å². The summed E-state index contributed by atoms with van der Waals surface area (Å²) in [5.41, 5.74) is 0.844. The van der Waals surface area contributed by atoms with Crippen LogP contribution < -0.4 is 4.74 Å². The van der Waals surface area contributed by atoms with Crippen LogP contribution in [0, 0.1) is 0 Å². The van der Waals surface area contributed by atoms with Crippen LogP contribution in [-0.4, -0.2) is 20.3 Å². The van der Waals surface area contributed by atoms with Gasteiger partial charge in [0.25, 0.3) is 11.8 Å². The van der Waals surface area contributed by atoms with Crippen molar-refractivity contribution in [3.05, 3.63) is 42.0 Å². The van der Waals surface area contributed by atoms with E-state index in [-0.39, 0.29) is 12.7 Å². The third-order valence-electron chi connectivity index (χ3n) is 3.95. The molecule has 0 saturated heterocycles. The summed E-state index contributed by atoms with van der Waals surface area (Å²) >= 11 is 0. The van der Waals surface area contributed by atoms with Crippen LogP contribution in [0.4, 0.5) is 0 Å². The minimum absolute atomic E-state index is 0.0875. The molecular formula is C16H16N4O3. The molecule has 2 heterocycles. The Morgan fingerprint density at radius 2 is 1.91 bits per heavy atom. The van der Waals surface area contributed by atoms with Gasteiger partial charge in [-0.25, -0.2) is 0 Å². The topological polar surface area (TPSA) is 87.1 Å². The van der Waals surface area contributed by atoms with Gasteiger partial charge in [0.1, 0.15) is 0 Å². The van der Waals surface area contributed by atoms with Crippen molar-refractivity contribution in [1.29, 1.82) is 0 Å². The molecule has 0 N–H and O–H groups in total. The molecule has 0 radical (unpaired) electrons. The molecule has 4 rings (SSSR count). The maximum absolute atomic E-state index is 5.46.